The first-order chi connectivity index (χ1) is 8.83. The third-order valence-electron chi connectivity index (χ3n) is 2.56. The average Bonchev–Trinajstić information content (AvgIpc) is 2.94. The van der Waals surface area contributed by atoms with Crippen LogP contribution in [0, 0.1) is 12.3 Å². The smallest absolute Gasteiger partial charge is 0.148 e. The van der Waals surface area contributed by atoms with Crippen molar-refractivity contribution < 1.29 is 4.74 Å². The summed E-state index contributed by atoms with van der Waals surface area (Å²) in [5, 5.41) is 0. The van der Waals surface area contributed by atoms with E-state index in [-0.39, 0.29) is 6.61 Å². The molecule has 2 rings (SSSR count). The van der Waals surface area contributed by atoms with E-state index in [9.17, 15) is 0 Å². The summed E-state index contributed by atoms with van der Waals surface area (Å²) in [6, 6.07) is 9.89. The Morgan fingerprint density at radius 1 is 1.39 bits per heavy atom. The van der Waals surface area contributed by atoms with Crippen molar-refractivity contribution in [2.75, 3.05) is 6.61 Å². The standard InChI is InChI=1S/C15H14N2O/c1-3-11-18-15(14-7-5-4-6-8-14)13(2)17-10-9-16-12-17/h1,4-10,12H,11H2,2H3. The van der Waals surface area contributed by atoms with E-state index < -0.39 is 0 Å². The summed E-state index contributed by atoms with van der Waals surface area (Å²) in [5.74, 6) is 3.26. The monoisotopic (exact) mass is 238 g/mol. The highest BCUT2D eigenvalue weighted by Gasteiger charge is 2.08. The van der Waals surface area contributed by atoms with E-state index in [0.717, 1.165) is 17.0 Å². The topological polar surface area (TPSA) is 27.1 Å². The van der Waals surface area contributed by atoms with Crippen molar-refractivity contribution >= 4 is 11.5 Å². The predicted molar refractivity (Wildman–Crippen MR) is 72.2 cm³/mol. The number of hydrogen-bond donors (Lipinski definition) is 0. The quantitative estimate of drug-likeness (QED) is 0.605. The van der Waals surface area contributed by atoms with Crippen molar-refractivity contribution in [1.29, 1.82) is 0 Å². The number of hydrogen-bond acceptors (Lipinski definition) is 2. The minimum atomic E-state index is 0.246. The molecule has 0 fully saturated rings. The highest BCUT2D eigenvalue weighted by Crippen LogP contribution is 2.22. The Morgan fingerprint density at radius 3 is 2.78 bits per heavy atom. The first-order valence-electron chi connectivity index (χ1n) is 5.64. The highest BCUT2D eigenvalue weighted by molar-refractivity contribution is 5.77. The van der Waals surface area contributed by atoms with Gasteiger partial charge in [0.25, 0.3) is 0 Å². The van der Waals surface area contributed by atoms with Gasteiger partial charge < -0.3 is 9.30 Å². The lowest BCUT2D eigenvalue weighted by atomic mass is 10.1. The zero-order valence-corrected chi connectivity index (χ0v) is 10.2. The highest BCUT2D eigenvalue weighted by atomic mass is 16.5. The Labute approximate surface area is 107 Å². The lowest BCUT2D eigenvalue weighted by Crippen LogP contribution is -2.00. The van der Waals surface area contributed by atoms with E-state index in [4.69, 9.17) is 11.2 Å². The van der Waals surface area contributed by atoms with Gasteiger partial charge in [-0.05, 0) is 6.92 Å². The fourth-order valence-corrected chi connectivity index (χ4v) is 1.67. The van der Waals surface area contributed by atoms with Crippen LogP contribution in [0.1, 0.15) is 12.5 Å². The largest absolute Gasteiger partial charge is 0.478 e. The van der Waals surface area contributed by atoms with Gasteiger partial charge in [0.15, 0.2) is 0 Å². The van der Waals surface area contributed by atoms with Gasteiger partial charge in [0.2, 0.25) is 0 Å². The normalized spacial score (nSPS) is 11.6. The van der Waals surface area contributed by atoms with Gasteiger partial charge in [0.1, 0.15) is 12.4 Å². The van der Waals surface area contributed by atoms with Crippen molar-refractivity contribution in [3.05, 3.63) is 54.6 Å². The number of rotatable bonds is 4. The fourth-order valence-electron chi connectivity index (χ4n) is 1.67. The molecule has 18 heavy (non-hydrogen) atoms. The minimum absolute atomic E-state index is 0.246. The Bertz CT molecular complexity index is 562. The second-order valence-corrected chi connectivity index (χ2v) is 3.74. The van der Waals surface area contributed by atoms with Crippen LogP contribution in [0.5, 0.6) is 0 Å². The maximum atomic E-state index is 5.66. The van der Waals surface area contributed by atoms with Crippen LogP contribution in [0.3, 0.4) is 0 Å². The summed E-state index contributed by atoms with van der Waals surface area (Å²) < 4.78 is 7.56. The molecule has 0 bridgehead atoms. The Hall–Kier alpha value is -2.47. The number of allylic oxidation sites excluding steroid dienone is 1. The molecule has 0 saturated heterocycles. The van der Waals surface area contributed by atoms with Gasteiger partial charge in [-0.3, -0.25) is 0 Å². The molecule has 0 aliphatic rings. The average molecular weight is 238 g/mol. The van der Waals surface area contributed by atoms with Crippen molar-refractivity contribution in [3.8, 4) is 12.3 Å². The van der Waals surface area contributed by atoms with Crippen LogP contribution in [-0.2, 0) is 4.74 Å². The summed E-state index contributed by atoms with van der Waals surface area (Å²) in [4.78, 5) is 4.03. The lowest BCUT2D eigenvalue weighted by molar-refractivity contribution is 0.326. The summed E-state index contributed by atoms with van der Waals surface area (Å²) in [6.07, 6.45) is 10.6. The number of ether oxygens (including phenoxy) is 1. The fraction of sp³-hybridized carbons (Fsp3) is 0.133. The first-order valence-corrected chi connectivity index (χ1v) is 5.64. The molecule has 0 saturated carbocycles. The van der Waals surface area contributed by atoms with E-state index in [0.29, 0.717) is 0 Å². The van der Waals surface area contributed by atoms with Crippen LogP contribution in [0.4, 0.5) is 0 Å². The molecule has 0 unspecified atom stereocenters. The molecular formula is C15H14N2O. The van der Waals surface area contributed by atoms with Crippen LogP contribution in [0.25, 0.3) is 11.5 Å². The molecule has 2 aromatic rings. The number of nitrogens with zero attached hydrogens (tertiary/aromatic N) is 2. The van der Waals surface area contributed by atoms with Gasteiger partial charge in [-0.2, -0.15) is 0 Å². The summed E-state index contributed by atoms with van der Waals surface area (Å²) in [5.41, 5.74) is 1.95. The first kappa shape index (κ1) is 12.0. The molecular weight excluding hydrogens is 224 g/mol. The third-order valence-corrected chi connectivity index (χ3v) is 2.56. The van der Waals surface area contributed by atoms with Gasteiger partial charge in [-0.25, -0.2) is 4.98 Å². The van der Waals surface area contributed by atoms with E-state index in [1.165, 1.54) is 0 Å². The maximum absolute atomic E-state index is 5.66. The van der Waals surface area contributed by atoms with E-state index in [1.807, 2.05) is 48.0 Å². The predicted octanol–water partition coefficient (Wildman–Crippen LogP) is 2.88. The van der Waals surface area contributed by atoms with Crippen molar-refractivity contribution in [2.45, 2.75) is 6.92 Å². The molecule has 1 heterocycles. The zero-order valence-electron chi connectivity index (χ0n) is 10.2. The SMILES string of the molecule is C#CCOC(=C(C)n1ccnc1)c1ccccc1. The lowest BCUT2D eigenvalue weighted by Gasteiger charge is -2.13. The minimum Gasteiger partial charge on any atom is -0.478 e. The molecule has 0 atom stereocenters. The van der Waals surface area contributed by atoms with Crippen LogP contribution in [0.2, 0.25) is 0 Å². The maximum Gasteiger partial charge on any atom is 0.148 e. The summed E-state index contributed by atoms with van der Waals surface area (Å²) in [6.45, 7) is 2.22. The van der Waals surface area contributed by atoms with Crippen LogP contribution >= 0.6 is 0 Å². The number of imidazole rings is 1. The molecule has 3 nitrogen and oxygen atoms in total. The molecule has 1 aromatic carbocycles. The zero-order chi connectivity index (χ0) is 12.8. The number of benzene rings is 1. The number of terminal acetylenes is 1. The molecule has 0 N–H and O–H groups in total. The molecule has 3 heteroatoms. The Kier molecular flexibility index (Phi) is 3.83. The molecule has 0 spiro atoms. The molecule has 0 radical (unpaired) electrons. The molecule has 1 aromatic heterocycles. The van der Waals surface area contributed by atoms with Crippen molar-refractivity contribution in [3.63, 3.8) is 0 Å². The second kappa shape index (κ2) is 5.74. The second-order valence-electron chi connectivity index (χ2n) is 3.74. The van der Waals surface area contributed by atoms with Crippen LogP contribution in [0.15, 0.2) is 49.1 Å². The summed E-state index contributed by atoms with van der Waals surface area (Å²) in [7, 11) is 0. The van der Waals surface area contributed by atoms with Gasteiger partial charge in [0, 0.05) is 18.0 Å². The molecule has 90 valence electrons. The van der Waals surface area contributed by atoms with E-state index in [1.54, 1.807) is 12.5 Å². The van der Waals surface area contributed by atoms with Gasteiger partial charge in [-0.1, -0.05) is 36.3 Å². The molecule has 0 amide bonds. The third kappa shape index (κ3) is 2.61. The van der Waals surface area contributed by atoms with E-state index in [2.05, 4.69) is 10.9 Å². The molecule has 0 aliphatic heterocycles. The van der Waals surface area contributed by atoms with Crippen molar-refractivity contribution in [1.82, 2.24) is 9.55 Å². The molecule has 0 aliphatic carbocycles. The van der Waals surface area contributed by atoms with Gasteiger partial charge in [-0.15, -0.1) is 6.42 Å². The summed E-state index contributed by atoms with van der Waals surface area (Å²) >= 11 is 0. The van der Waals surface area contributed by atoms with Gasteiger partial charge >= 0.3 is 0 Å². The van der Waals surface area contributed by atoms with Crippen molar-refractivity contribution in [2.24, 2.45) is 0 Å². The van der Waals surface area contributed by atoms with E-state index >= 15 is 0 Å². The Balaban J connectivity index is 2.43. The van der Waals surface area contributed by atoms with Crippen LogP contribution < -0.4 is 0 Å². The van der Waals surface area contributed by atoms with Crippen LogP contribution in [-0.4, -0.2) is 16.2 Å². The number of aromatic nitrogens is 2. The van der Waals surface area contributed by atoms with Gasteiger partial charge in [0.05, 0.1) is 12.0 Å². The Morgan fingerprint density at radius 2 is 2.17 bits per heavy atom.